The van der Waals surface area contributed by atoms with Crippen molar-refractivity contribution in [2.45, 2.75) is 54.4 Å². The third kappa shape index (κ3) is 16.5. The molecule has 67 heavy (non-hydrogen) atoms. The number of Topliss-reactive ketones (excluding diaryl/α,β-unsaturated/α-hetero) is 1. The minimum absolute atomic E-state index is 0.108. The van der Waals surface area contributed by atoms with E-state index in [9.17, 15) is 28.3 Å². The van der Waals surface area contributed by atoms with E-state index in [4.69, 9.17) is 70.8 Å². The first kappa shape index (κ1) is 58.1. The lowest BCUT2D eigenvalue weighted by atomic mass is 9.91. The van der Waals surface area contributed by atoms with Gasteiger partial charge in [0.25, 0.3) is 0 Å². The summed E-state index contributed by atoms with van der Waals surface area (Å²) in [6.07, 6.45) is 0.456. The molecule has 0 fully saturated rings. The van der Waals surface area contributed by atoms with Gasteiger partial charge in [0.15, 0.2) is 5.78 Å². The van der Waals surface area contributed by atoms with Crippen LogP contribution in [0.15, 0.2) is 140 Å². The van der Waals surface area contributed by atoms with Crippen LogP contribution < -0.4 is 21.2 Å². The van der Waals surface area contributed by atoms with Crippen LogP contribution in [0.25, 0.3) is 0 Å². The summed E-state index contributed by atoms with van der Waals surface area (Å²) in [5.74, 6) is 0.423. The van der Waals surface area contributed by atoms with Crippen LogP contribution in [0.1, 0.15) is 77.3 Å². The monoisotopic (exact) mass is 1090 g/mol. The Morgan fingerprint density at radius 2 is 0.806 bits per heavy atom. The van der Waals surface area contributed by atoms with Crippen LogP contribution in [-0.2, 0) is 18.5 Å². The Hall–Kier alpha value is -3.17. The lowest BCUT2D eigenvalue weighted by molar-refractivity contribution is -0.111. The smallest absolute Gasteiger partial charge is 0.305 e. The average molecular weight is 1100 g/mol. The summed E-state index contributed by atoms with van der Waals surface area (Å²) < 4.78 is 42.8. The summed E-state index contributed by atoms with van der Waals surface area (Å²) in [6.45, 7) is 11.3. The molecule has 6 rings (SSSR count). The number of carbonyl (C=O) groups excluding carboxylic acids is 4. The van der Waals surface area contributed by atoms with Crippen LogP contribution >= 0.6 is 88.3 Å². The fraction of sp³-hybridized carbons (Fsp3) is 0.200. The lowest BCUT2D eigenvalue weighted by Crippen LogP contribution is -2.24. The fourth-order valence-corrected chi connectivity index (χ4v) is 13.1. The highest BCUT2D eigenvalue weighted by Gasteiger charge is 2.39. The van der Waals surface area contributed by atoms with Crippen molar-refractivity contribution in [3.8, 4) is 0 Å². The summed E-state index contributed by atoms with van der Waals surface area (Å²) in [7, 11) is 7.16. The molecule has 0 aromatic heterocycles. The molecule has 6 aromatic rings. The number of benzene rings is 6. The molecular weight excluding hydrogens is 1050 g/mol. The maximum atomic E-state index is 14.5. The minimum Gasteiger partial charge on any atom is -0.305 e. The van der Waals surface area contributed by atoms with Gasteiger partial charge in [-0.25, -0.2) is 30.1 Å². The van der Waals surface area contributed by atoms with Gasteiger partial charge >= 0.3 is 11.4 Å². The number of rotatable bonds is 13. The van der Waals surface area contributed by atoms with Gasteiger partial charge in [0, 0.05) is 62.5 Å². The van der Waals surface area contributed by atoms with E-state index in [-0.39, 0.29) is 35.3 Å². The molecule has 0 amide bonds. The number of halogens is 6. The molecule has 0 saturated carbocycles. The van der Waals surface area contributed by atoms with Gasteiger partial charge in [-0.2, -0.15) is 0 Å². The Balaban J connectivity index is 0.000000375. The van der Waals surface area contributed by atoms with E-state index in [1.54, 1.807) is 79.7 Å². The molecule has 6 aromatic carbocycles. The second kappa shape index (κ2) is 29.8. The Kier molecular flexibility index (Phi) is 25.8. The van der Waals surface area contributed by atoms with Crippen molar-refractivity contribution in [3.05, 3.63) is 190 Å². The van der Waals surface area contributed by atoms with E-state index in [0.29, 0.717) is 54.9 Å². The van der Waals surface area contributed by atoms with Crippen molar-refractivity contribution in [3.63, 3.8) is 0 Å². The summed E-state index contributed by atoms with van der Waals surface area (Å²) in [4.78, 5) is 49.9. The molecule has 0 aliphatic rings. The molecule has 0 spiro atoms. The van der Waals surface area contributed by atoms with Crippen LogP contribution in [0.2, 0.25) is 0 Å². The zero-order valence-corrected chi connectivity index (χ0v) is 46.0. The third-order valence-corrected chi connectivity index (χ3v) is 16.3. The average Bonchev–Trinajstić information content (AvgIpc) is 3.29. The lowest BCUT2D eigenvalue weighted by Gasteiger charge is -2.22. The first-order valence-corrected chi connectivity index (χ1v) is 30.9. The summed E-state index contributed by atoms with van der Waals surface area (Å²) in [5.41, 5.74) is 5.60. The van der Waals surface area contributed by atoms with Gasteiger partial charge in [-0.1, -0.05) is 145 Å². The predicted octanol–water partition coefficient (Wildman–Crippen LogP) is 13.9. The van der Waals surface area contributed by atoms with E-state index in [2.05, 4.69) is 0 Å². The Morgan fingerprint density at radius 3 is 1.09 bits per heavy atom. The van der Waals surface area contributed by atoms with Gasteiger partial charge in [0.1, 0.15) is 10.3 Å². The van der Waals surface area contributed by atoms with Gasteiger partial charge in [0.2, 0.25) is 30.6 Å². The minimum atomic E-state index is -3.65. The highest BCUT2D eigenvalue weighted by molar-refractivity contribution is 7.94. The van der Waals surface area contributed by atoms with Gasteiger partial charge in [-0.3, -0.25) is 23.7 Å². The molecule has 17 heteroatoms. The van der Waals surface area contributed by atoms with Crippen LogP contribution in [-0.4, -0.2) is 46.5 Å². The quantitative estimate of drug-likeness (QED) is 0.0371. The van der Waals surface area contributed by atoms with Crippen molar-refractivity contribution >= 4 is 143 Å². The second-order valence-electron chi connectivity index (χ2n) is 14.7. The van der Waals surface area contributed by atoms with E-state index in [1.807, 2.05) is 101 Å². The molecule has 0 aliphatic carbocycles. The maximum absolute atomic E-state index is 14.5. The number of aryl methyl sites for hydroxylation is 5. The summed E-state index contributed by atoms with van der Waals surface area (Å²) in [6, 6.07) is 41.6. The van der Waals surface area contributed by atoms with Gasteiger partial charge in [-0.15, -0.1) is 23.2 Å². The van der Waals surface area contributed by atoms with E-state index in [1.165, 1.54) is 0 Å². The Morgan fingerprint density at radius 1 is 0.522 bits per heavy atom. The maximum Gasteiger partial charge on any atom is 0.643 e. The van der Waals surface area contributed by atoms with Crippen LogP contribution in [0.3, 0.4) is 0 Å². The fourth-order valence-electron chi connectivity index (χ4n) is 7.38. The van der Waals surface area contributed by atoms with Crippen LogP contribution in [0.5, 0.6) is 0 Å². The highest BCUT2D eigenvalue weighted by Crippen LogP contribution is 2.49. The van der Waals surface area contributed by atoms with Crippen molar-refractivity contribution in [1.29, 1.82) is 1.28 Å². The second-order valence-corrected chi connectivity index (χ2v) is 27.7. The first-order valence-electron chi connectivity index (χ1n) is 20.9. The SMILES string of the molecule is Cc1cc(C)c(C(=O)P(=O)(c2ccccc2)c2ccccc2)c(C)c1.Cc1cc(C)c(C(=O)P(=O)(c2ccccc2)c2ccccc2)c(C)c1C(=O)CCCl.O=C(Cl)CCCl.[3H]P=O.[Cl][Al]([Cl])[Cl]. The molecule has 0 saturated heterocycles. The summed E-state index contributed by atoms with van der Waals surface area (Å²) >= 11 is 14.0. The molecule has 0 bridgehead atoms. The molecule has 7 nitrogen and oxygen atoms in total. The van der Waals surface area contributed by atoms with Crippen molar-refractivity contribution in [1.82, 2.24) is 0 Å². The molecule has 0 radical (unpaired) electrons. The number of carbonyl (C=O) groups is 4. The molecule has 0 unspecified atom stereocenters. The molecular formula is C50H50AlCl6O7P3. The predicted molar refractivity (Wildman–Crippen MR) is 288 cm³/mol. The van der Waals surface area contributed by atoms with E-state index >= 15 is 0 Å². The highest BCUT2D eigenvalue weighted by atomic mass is 35.8. The summed E-state index contributed by atoms with van der Waals surface area (Å²) in [5, 5.41) is 1.74. The van der Waals surface area contributed by atoms with Crippen LogP contribution in [0.4, 0.5) is 0 Å². The van der Waals surface area contributed by atoms with E-state index in [0.717, 1.165) is 22.3 Å². The largest absolute Gasteiger partial charge is 0.643 e. The van der Waals surface area contributed by atoms with Gasteiger partial charge in [0.05, 0.1) is 0 Å². The molecule has 0 aliphatic heterocycles. The van der Waals surface area contributed by atoms with E-state index < -0.39 is 40.3 Å². The molecule has 0 heterocycles. The van der Waals surface area contributed by atoms with Crippen molar-refractivity contribution < 1.29 is 32.9 Å². The van der Waals surface area contributed by atoms with Gasteiger partial charge < -0.3 is 9.13 Å². The zero-order chi connectivity index (χ0) is 51.2. The molecule has 352 valence electrons. The molecule has 0 N–H and O–H groups in total. The number of hydrogen-bond acceptors (Lipinski definition) is 7. The van der Waals surface area contributed by atoms with Gasteiger partial charge in [-0.05, 0) is 81.0 Å². The van der Waals surface area contributed by atoms with Crippen LogP contribution in [0, 0.1) is 41.5 Å². The van der Waals surface area contributed by atoms with Crippen molar-refractivity contribution in [2.24, 2.45) is 0 Å². The number of alkyl halides is 2. The topological polar surface area (TPSA) is 119 Å². The number of hydrogen-bond donors (Lipinski definition) is 0. The zero-order valence-electron chi connectivity index (χ0n) is 38.7. The number of ketones is 1. The normalized spacial score (nSPS) is 10.8. The standard InChI is InChI=1S/C25H24ClO3P.C22H21O2P.C3H4Cl2O.Al.3ClH.HOP/c1-17-16-18(2)24(19(3)23(17)22(27)14-15-26)25(28)30(29,20-10-6-4-7-11-20)21-12-8-5-9-13-21;1-16-14-17(2)21(18(3)15-16)22(23)25(24,19-10-6-4-7-11-19)20-12-8-5-9-13-20;4-2-1-3(5)6;;;;;1-2/h4-13,16H,14-15H2,1-3H3;4-15H,1-3H3;1-2H2;;3*1H;2H/q;;;+3;;;;/p-3/i;;;;;;;2T. The third-order valence-electron chi connectivity index (χ3n) is 10.0. The Labute approximate surface area is 429 Å². The first-order chi connectivity index (χ1) is 32.2. The van der Waals surface area contributed by atoms with Crippen molar-refractivity contribution in [2.75, 3.05) is 11.8 Å². The molecule has 0 atom stereocenters. The Bertz CT molecular complexity index is 2620.